The average molecular weight is 328 g/mol. The van der Waals surface area contributed by atoms with Crippen LogP contribution in [0.5, 0.6) is 0 Å². The summed E-state index contributed by atoms with van der Waals surface area (Å²) < 4.78 is 15.4. The van der Waals surface area contributed by atoms with E-state index in [9.17, 15) is 4.39 Å². The fourth-order valence-electron chi connectivity index (χ4n) is 2.73. The average Bonchev–Trinajstić information content (AvgIpc) is 3.06. The molecule has 1 aromatic carbocycles. The van der Waals surface area contributed by atoms with Gasteiger partial charge in [-0.3, -0.25) is 4.57 Å². The number of halogens is 3. The Labute approximate surface area is 133 Å². The molecule has 0 bridgehead atoms. The van der Waals surface area contributed by atoms with Crippen LogP contribution >= 0.6 is 23.2 Å². The molecule has 0 radical (unpaired) electrons. The van der Waals surface area contributed by atoms with Gasteiger partial charge in [-0.1, -0.05) is 36.0 Å². The number of nitrogens with zero attached hydrogens (tertiary/aromatic N) is 2. The first-order chi connectivity index (χ1) is 10.0. The van der Waals surface area contributed by atoms with E-state index in [4.69, 9.17) is 23.2 Å². The number of anilines is 1. The Morgan fingerprint density at radius 3 is 2.48 bits per heavy atom. The maximum absolute atomic E-state index is 13.6. The smallest absolute Gasteiger partial charge is 0.207 e. The molecule has 2 aromatic rings. The molecule has 0 saturated heterocycles. The van der Waals surface area contributed by atoms with Crippen LogP contribution in [-0.4, -0.2) is 15.6 Å². The molecule has 0 atom stereocenters. The molecule has 112 valence electrons. The Morgan fingerprint density at radius 2 is 1.86 bits per heavy atom. The molecule has 1 aliphatic rings. The van der Waals surface area contributed by atoms with E-state index in [1.54, 1.807) is 12.1 Å². The molecule has 1 saturated carbocycles. The van der Waals surface area contributed by atoms with E-state index in [2.05, 4.69) is 10.3 Å². The van der Waals surface area contributed by atoms with Crippen molar-refractivity contribution in [1.82, 2.24) is 9.55 Å². The molecule has 6 heteroatoms. The van der Waals surface area contributed by atoms with Gasteiger partial charge in [-0.05, 0) is 31.9 Å². The Balaban J connectivity index is 1.98. The highest BCUT2D eigenvalue weighted by atomic mass is 35.5. The number of aromatic nitrogens is 2. The van der Waals surface area contributed by atoms with Crippen LogP contribution in [0.25, 0.3) is 5.69 Å². The van der Waals surface area contributed by atoms with Crippen LogP contribution in [0.4, 0.5) is 10.3 Å². The molecule has 1 N–H and O–H groups in total. The van der Waals surface area contributed by atoms with E-state index in [0.29, 0.717) is 11.7 Å². The van der Waals surface area contributed by atoms with Crippen molar-refractivity contribution < 1.29 is 4.39 Å². The van der Waals surface area contributed by atoms with Crippen LogP contribution < -0.4 is 5.32 Å². The van der Waals surface area contributed by atoms with Crippen LogP contribution in [0.1, 0.15) is 31.4 Å². The fourth-order valence-corrected chi connectivity index (χ4v) is 3.21. The highest BCUT2D eigenvalue weighted by Gasteiger charge is 2.18. The van der Waals surface area contributed by atoms with Gasteiger partial charge in [-0.2, -0.15) is 0 Å². The van der Waals surface area contributed by atoms with Crippen LogP contribution in [0, 0.1) is 12.7 Å². The summed E-state index contributed by atoms with van der Waals surface area (Å²) >= 11 is 11.8. The standard InChI is InChI=1S/C15H16Cl2FN3/c1-9-8-21(11-6-12(16)14(18)13(17)7-11)15(19-9)20-10-4-2-3-5-10/h6-8,10H,2-5H2,1H3,(H,19,20). The largest absolute Gasteiger partial charge is 0.353 e. The molecule has 1 aliphatic carbocycles. The van der Waals surface area contributed by atoms with E-state index < -0.39 is 5.82 Å². The minimum absolute atomic E-state index is 0.00988. The van der Waals surface area contributed by atoms with Crippen molar-refractivity contribution in [2.45, 2.75) is 38.6 Å². The van der Waals surface area contributed by atoms with Crippen LogP contribution in [0.3, 0.4) is 0 Å². The summed E-state index contributed by atoms with van der Waals surface area (Å²) in [6, 6.07) is 3.56. The van der Waals surface area contributed by atoms with Gasteiger partial charge < -0.3 is 5.32 Å². The minimum Gasteiger partial charge on any atom is -0.353 e. The SMILES string of the molecule is Cc1cn(-c2cc(Cl)c(F)c(Cl)c2)c(NC2CCCC2)n1. The van der Waals surface area contributed by atoms with Gasteiger partial charge >= 0.3 is 0 Å². The minimum atomic E-state index is -0.593. The number of hydrogen-bond acceptors (Lipinski definition) is 2. The summed E-state index contributed by atoms with van der Waals surface area (Å²) in [6.07, 6.45) is 6.67. The number of aryl methyl sites for hydroxylation is 1. The molecular formula is C15H16Cl2FN3. The second kappa shape index (κ2) is 5.85. The summed E-state index contributed by atoms with van der Waals surface area (Å²) in [4.78, 5) is 4.50. The number of hydrogen-bond donors (Lipinski definition) is 1. The van der Waals surface area contributed by atoms with Crippen molar-refractivity contribution in [2.24, 2.45) is 0 Å². The van der Waals surface area contributed by atoms with E-state index >= 15 is 0 Å². The van der Waals surface area contributed by atoms with E-state index in [-0.39, 0.29) is 10.0 Å². The summed E-state index contributed by atoms with van der Waals surface area (Å²) in [5, 5.41) is 3.47. The lowest BCUT2D eigenvalue weighted by Crippen LogP contribution is -2.17. The second-order valence-electron chi connectivity index (χ2n) is 5.43. The molecule has 0 amide bonds. The van der Waals surface area contributed by atoms with Crippen molar-refractivity contribution in [3.8, 4) is 5.69 Å². The topological polar surface area (TPSA) is 29.9 Å². The molecule has 1 fully saturated rings. The lowest BCUT2D eigenvalue weighted by Gasteiger charge is -2.15. The summed E-state index contributed by atoms with van der Waals surface area (Å²) in [7, 11) is 0. The van der Waals surface area contributed by atoms with Gasteiger partial charge in [0.2, 0.25) is 5.95 Å². The van der Waals surface area contributed by atoms with Crippen LogP contribution in [0.15, 0.2) is 18.3 Å². The molecule has 0 aliphatic heterocycles. The Kier molecular flexibility index (Phi) is 4.09. The molecule has 0 unspecified atom stereocenters. The van der Waals surface area contributed by atoms with E-state index in [1.807, 2.05) is 17.7 Å². The number of nitrogens with one attached hydrogen (secondary N) is 1. The third kappa shape index (κ3) is 3.01. The van der Waals surface area contributed by atoms with Crippen LogP contribution in [-0.2, 0) is 0 Å². The maximum atomic E-state index is 13.6. The molecule has 3 rings (SSSR count). The number of rotatable bonds is 3. The zero-order valence-corrected chi connectivity index (χ0v) is 13.2. The zero-order valence-electron chi connectivity index (χ0n) is 11.7. The monoisotopic (exact) mass is 327 g/mol. The fraction of sp³-hybridized carbons (Fsp3) is 0.400. The Hall–Kier alpha value is -1.26. The van der Waals surface area contributed by atoms with Crippen molar-refractivity contribution in [1.29, 1.82) is 0 Å². The lowest BCUT2D eigenvalue weighted by atomic mass is 10.2. The molecule has 21 heavy (non-hydrogen) atoms. The highest BCUT2D eigenvalue weighted by molar-refractivity contribution is 6.35. The highest BCUT2D eigenvalue weighted by Crippen LogP contribution is 2.29. The van der Waals surface area contributed by atoms with E-state index in [0.717, 1.165) is 24.5 Å². The van der Waals surface area contributed by atoms with Gasteiger partial charge in [-0.25, -0.2) is 9.37 Å². The lowest BCUT2D eigenvalue weighted by molar-refractivity contribution is 0.628. The third-order valence-corrected chi connectivity index (χ3v) is 4.31. The second-order valence-corrected chi connectivity index (χ2v) is 6.24. The summed E-state index contributed by atoms with van der Waals surface area (Å²) in [5.41, 5.74) is 1.58. The van der Waals surface area contributed by atoms with Gasteiger partial charge in [-0.15, -0.1) is 0 Å². The quantitative estimate of drug-likeness (QED) is 0.805. The van der Waals surface area contributed by atoms with Gasteiger partial charge in [0, 0.05) is 12.2 Å². The first-order valence-electron chi connectivity index (χ1n) is 7.02. The normalized spacial score (nSPS) is 15.6. The Morgan fingerprint density at radius 1 is 1.24 bits per heavy atom. The zero-order chi connectivity index (χ0) is 15.0. The first-order valence-corrected chi connectivity index (χ1v) is 7.77. The van der Waals surface area contributed by atoms with Gasteiger partial charge in [0.1, 0.15) is 0 Å². The predicted molar refractivity (Wildman–Crippen MR) is 84.2 cm³/mol. The number of imidazole rings is 1. The van der Waals surface area contributed by atoms with Gasteiger partial charge in [0.25, 0.3) is 0 Å². The van der Waals surface area contributed by atoms with Crippen LogP contribution in [0.2, 0.25) is 10.0 Å². The van der Waals surface area contributed by atoms with Crippen molar-refractivity contribution in [3.63, 3.8) is 0 Å². The summed E-state index contributed by atoms with van der Waals surface area (Å²) in [5.74, 6) is 0.155. The predicted octanol–water partition coefficient (Wildman–Crippen LogP) is 4.98. The molecule has 1 aromatic heterocycles. The van der Waals surface area contributed by atoms with E-state index in [1.165, 1.54) is 12.8 Å². The van der Waals surface area contributed by atoms with Gasteiger partial charge in [0.15, 0.2) is 5.82 Å². The van der Waals surface area contributed by atoms with Crippen molar-refractivity contribution >= 4 is 29.2 Å². The number of benzene rings is 1. The molecule has 1 heterocycles. The Bertz CT molecular complexity index is 640. The van der Waals surface area contributed by atoms with Crippen molar-refractivity contribution in [3.05, 3.63) is 39.9 Å². The summed E-state index contributed by atoms with van der Waals surface area (Å²) in [6.45, 7) is 1.92. The molecular weight excluding hydrogens is 312 g/mol. The first kappa shape index (κ1) is 14.7. The molecule has 0 spiro atoms. The van der Waals surface area contributed by atoms with Gasteiger partial charge in [0.05, 0.1) is 21.4 Å². The molecule has 3 nitrogen and oxygen atoms in total. The van der Waals surface area contributed by atoms with Crippen molar-refractivity contribution in [2.75, 3.05) is 5.32 Å². The third-order valence-electron chi connectivity index (χ3n) is 3.76. The maximum Gasteiger partial charge on any atom is 0.207 e.